The summed E-state index contributed by atoms with van der Waals surface area (Å²) in [5.41, 5.74) is 0. The SMILES string of the molecule is CCCCCCCCCCCC(=O)OCC(COCC(O)CO)OC(=O)CCCCCCCCCCC. The summed E-state index contributed by atoms with van der Waals surface area (Å²) in [7, 11) is 0. The monoisotopic (exact) mass is 530 g/mol. The highest BCUT2D eigenvalue weighted by molar-refractivity contribution is 5.70. The van der Waals surface area contributed by atoms with Crippen LogP contribution in [0.2, 0.25) is 0 Å². The summed E-state index contributed by atoms with van der Waals surface area (Å²) in [6.45, 7) is 3.91. The Kier molecular flexibility index (Phi) is 27.0. The number of rotatable bonds is 28. The minimum absolute atomic E-state index is 0.00582. The second-order valence-corrected chi connectivity index (χ2v) is 10.3. The van der Waals surface area contributed by atoms with E-state index in [1.807, 2.05) is 0 Å². The molecule has 0 amide bonds. The molecule has 0 aliphatic heterocycles. The van der Waals surface area contributed by atoms with E-state index in [0.717, 1.165) is 38.5 Å². The minimum Gasteiger partial charge on any atom is -0.462 e. The fourth-order valence-corrected chi connectivity index (χ4v) is 4.17. The number of esters is 2. The van der Waals surface area contributed by atoms with Crippen LogP contribution in [0.5, 0.6) is 0 Å². The van der Waals surface area contributed by atoms with Gasteiger partial charge in [-0.05, 0) is 12.8 Å². The normalized spacial score (nSPS) is 12.9. The Hall–Kier alpha value is -1.18. The summed E-state index contributed by atoms with van der Waals surface area (Å²) in [5, 5.41) is 18.4. The van der Waals surface area contributed by atoms with E-state index < -0.39 is 18.8 Å². The van der Waals surface area contributed by atoms with Gasteiger partial charge in [0.25, 0.3) is 0 Å². The van der Waals surface area contributed by atoms with Gasteiger partial charge in [-0.25, -0.2) is 0 Å². The number of carbonyl (C=O) groups is 2. The summed E-state index contributed by atoms with van der Waals surface area (Å²) in [6.07, 6.45) is 20.1. The van der Waals surface area contributed by atoms with Crippen molar-refractivity contribution < 1.29 is 34.0 Å². The van der Waals surface area contributed by atoms with Crippen LogP contribution in [0.4, 0.5) is 0 Å². The maximum atomic E-state index is 12.3. The van der Waals surface area contributed by atoms with Crippen LogP contribution >= 0.6 is 0 Å². The largest absolute Gasteiger partial charge is 0.462 e. The molecule has 0 heterocycles. The zero-order valence-electron chi connectivity index (χ0n) is 24.1. The molecule has 0 spiro atoms. The number of carbonyl (C=O) groups excluding carboxylic acids is 2. The van der Waals surface area contributed by atoms with E-state index in [-0.39, 0.29) is 31.8 Å². The lowest BCUT2D eigenvalue weighted by atomic mass is 10.1. The van der Waals surface area contributed by atoms with Crippen LogP contribution in [-0.2, 0) is 23.8 Å². The first-order valence-corrected chi connectivity index (χ1v) is 15.2. The molecule has 2 atom stereocenters. The maximum Gasteiger partial charge on any atom is 0.306 e. The van der Waals surface area contributed by atoms with Gasteiger partial charge in [-0.15, -0.1) is 0 Å². The van der Waals surface area contributed by atoms with E-state index in [0.29, 0.717) is 12.8 Å². The third-order valence-electron chi connectivity index (χ3n) is 6.52. The second kappa shape index (κ2) is 27.8. The Labute approximate surface area is 227 Å². The quantitative estimate of drug-likeness (QED) is 0.0862. The van der Waals surface area contributed by atoms with Crippen molar-refractivity contribution in [3.63, 3.8) is 0 Å². The Balaban J connectivity index is 4.11. The lowest BCUT2D eigenvalue weighted by molar-refractivity contribution is -0.163. The van der Waals surface area contributed by atoms with Crippen molar-refractivity contribution in [3.05, 3.63) is 0 Å². The Bertz CT molecular complexity index is 512. The minimum atomic E-state index is -0.993. The number of aliphatic hydroxyl groups excluding tert-OH is 2. The summed E-state index contributed by atoms with van der Waals surface area (Å²) < 4.78 is 16.2. The number of hydrogen-bond donors (Lipinski definition) is 2. The van der Waals surface area contributed by atoms with Crippen LogP contribution in [0.15, 0.2) is 0 Å². The van der Waals surface area contributed by atoms with Crippen molar-refractivity contribution in [2.45, 2.75) is 154 Å². The summed E-state index contributed by atoms with van der Waals surface area (Å²) in [5.74, 6) is -0.618. The van der Waals surface area contributed by atoms with Crippen LogP contribution in [0, 0.1) is 0 Å². The highest BCUT2D eigenvalue weighted by atomic mass is 16.6. The van der Waals surface area contributed by atoms with Crippen LogP contribution < -0.4 is 0 Å². The number of unbranched alkanes of at least 4 members (excludes halogenated alkanes) is 16. The Morgan fingerprint density at radius 3 is 1.49 bits per heavy atom. The molecule has 0 radical (unpaired) electrons. The van der Waals surface area contributed by atoms with Crippen LogP contribution in [-0.4, -0.2) is 60.8 Å². The van der Waals surface area contributed by atoms with Crippen LogP contribution in [0.1, 0.15) is 142 Å². The fourth-order valence-electron chi connectivity index (χ4n) is 4.17. The molecule has 0 saturated carbocycles. The number of aliphatic hydroxyl groups is 2. The molecule has 0 aromatic carbocycles. The predicted molar refractivity (Wildman–Crippen MR) is 148 cm³/mol. The fraction of sp³-hybridized carbons (Fsp3) is 0.933. The predicted octanol–water partition coefficient (Wildman–Crippen LogP) is 6.65. The van der Waals surface area contributed by atoms with Gasteiger partial charge in [-0.3, -0.25) is 9.59 Å². The lowest BCUT2D eigenvalue weighted by Crippen LogP contribution is -2.31. The van der Waals surface area contributed by atoms with Crippen molar-refractivity contribution in [1.29, 1.82) is 0 Å². The molecule has 7 nitrogen and oxygen atoms in total. The summed E-state index contributed by atoms with van der Waals surface area (Å²) in [6, 6.07) is 0. The molecule has 0 saturated heterocycles. The smallest absolute Gasteiger partial charge is 0.306 e. The highest BCUT2D eigenvalue weighted by Gasteiger charge is 2.18. The van der Waals surface area contributed by atoms with Crippen molar-refractivity contribution in [1.82, 2.24) is 0 Å². The molecule has 37 heavy (non-hydrogen) atoms. The first kappa shape index (κ1) is 35.8. The number of ether oxygens (including phenoxy) is 3. The van der Waals surface area contributed by atoms with E-state index in [2.05, 4.69) is 13.8 Å². The third kappa shape index (κ3) is 26.2. The maximum absolute atomic E-state index is 12.3. The third-order valence-corrected chi connectivity index (χ3v) is 6.52. The van der Waals surface area contributed by atoms with Crippen molar-refractivity contribution in [2.75, 3.05) is 26.4 Å². The van der Waals surface area contributed by atoms with E-state index >= 15 is 0 Å². The van der Waals surface area contributed by atoms with E-state index in [4.69, 9.17) is 19.3 Å². The van der Waals surface area contributed by atoms with Gasteiger partial charge in [0.2, 0.25) is 0 Å². The van der Waals surface area contributed by atoms with Gasteiger partial charge in [-0.2, -0.15) is 0 Å². The van der Waals surface area contributed by atoms with Crippen LogP contribution in [0.25, 0.3) is 0 Å². The molecule has 220 valence electrons. The molecule has 0 aliphatic rings. The molecule has 0 fully saturated rings. The van der Waals surface area contributed by atoms with E-state index in [1.54, 1.807) is 0 Å². The topological polar surface area (TPSA) is 102 Å². The van der Waals surface area contributed by atoms with Gasteiger partial charge in [-0.1, -0.05) is 117 Å². The highest BCUT2D eigenvalue weighted by Crippen LogP contribution is 2.13. The Morgan fingerprint density at radius 1 is 0.595 bits per heavy atom. The van der Waals surface area contributed by atoms with Crippen molar-refractivity contribution in [3.8, 4) is 0 Å². The van der Waals surface area contributed by atoms with Crippen LogP contribution in [0.3, 0.4) is 0 Å². The molecule has 0 rings (SSSR count). The zero-order valence-corrected chi connectivity index (χ0v) is 24.1. The molecule has 0 aromatic heterocycles. The standard InChI is InChI=1S/C30H58O7/c1-3-5-7-9-11-13-15-17-19-21-29(33)36-26-28(25-35-24-27(32)23-31)37-30(34)22-20-18-16-14-12-10-8-6-4-2/h27-28,31-32H,3-26H2,1-2H3. The van der Waals surface area contributed by atoms with Gasteiger partial charge in [0, 0.05) is 12.8 Å². The zero-order chi connectivity index (χ0) is 27.4. The molecule has 2 unspecified atom stereocenters. The molecular weight excluding hydrogens is 472 g/mol. The van der Waals surface area contributed by atoms with Gasteiger partial charge in [0.05, 0.1) is 19.8 Å². The van der Waals surface area contributed by atoms with Crippen molar-refractivity contribution >= 4 is 11.9 Å². The first-order chi connectivity index (χ1) is 18.0. The molecule has 0 bridgehead atoms. The first-order valence-electron chi connectivity index (χ1n) is 15.2. The van der Waals surface area contributed by atoms with E-state index in [9.17, 15) is 14.7 Å². The molecule has 2 N–H and O–H groups in total. The molecule has 0 aromatic rings. The second-order valence-electron chi connectivity index (χ2n) is 10.3. The van der Waals surface area contributed by atoms with Gasteiger partial charge >= 0.3 is 11.9 Å². The molecule has 7 heteroatoms. The average Bonchev–Trinajstić information content (AvgIpc) is 2.89. The average molecular weight is 531 g/mol. The number of hydrogen-bond acceptors (Lipinski definition) is 7. The lowest BCUT2D eigenvalue weighted by Gasteiger charge is -2.19. The van der Waals surface area contributed by atoms with Crippen molar-refractivity contribution in [2.24, 2.45) is 0 Å². The van der Waals surface area contributed by atoms with Gasteiger partial charge < -0.3 is 24.4 Å². The Morgan fingerprint density at radius 2 is 1.03 bits per heavy atom. The van der Waals surface area contributed by atoms with E-state index in [1.165, 1.54) is 77.0 Å². The summed E-state index contributed by atoms with van der Waals surface area (Å²) >= 11 is 0. The summed E-state index contributed by atoms with van der Waals surface area (Å²) in [4.78, 5) is 24.5. The molecule has 0 aliphatic carbocycles. The van der Waals surface area contributed by atoms with Gasteiger partial charge in [0.15, 0.2) is 6.10 Å². The molecular formula is C30H58O7. The van der Waals surface area contributed by atoms with Gasteiger partial charge in [0.1, 0.15) is 12.7 Å².